The number of rotatable bonds is 5. The molecule has 1 aliphatic heterocycles. The van der Waals surface area contributed by atoms with Gasteiger partial charge in [0.25, 0.3) is 5.91 Å². The lowest BCUT2D eigenvalue weighted by Crippen LogP contribution is -2.46. The number of amides is 2. The minimum absolute atomic E-state index is 0.0683. The van der Waals surface area contributed by atoms with Crippen LogP contribution in [0.1, 0.15) is 29.0 Å². The molecule has 2 aromatic rings. The maximum atomic E-state index is 12.6. The van der Waals surface area contributed by atoms with Gasteiger partial charge >= 0.3 is 0 Å². The van der Waals surface area contributed by atoms with Gasteiger partial charge in [0.05, 0.1) is 13.7 Å². The van der Waals surface area contributed by atoms with Crippen LogP contribution in [0.4, 0.5) is 0 Å². The van der Waals surface area contributed by atoms with Crippen LogP contribution < -0.4 is 15.8 Å². The molecule has 1 aromatic carbocycles. The Morgan fingerprint density at radius 2 is 2.08 bits per heavy atom. The van der Waals surface area contributed by atoms with Gasteiger partial charge in [-0.25, -0.2) is 0 Å². The van der Waals surface area contributed by atoms with E-state index in [1.165, 1.54) is 0 Å². The number of nitrogens with two attached hydrogens (primary N) is 1. The summed E-state index contributed by atoms with van der Waals surface area (Å²) < 4.78 is 11.0. The number of carbonyl (C=O) groups excluding carboxylic acids is 2. The van der Waals surface area contributed by atoms with Crippen molar-refractivity contribution in [2.75, 3.05) is 26.7 Å². The van der Waals surface area contributed by atoms with Crippen molar-refractivity contribution in [3.05, 3.63) is 29.5 Å². The summed E-state index contributed by atoms with van der Waals surface area (Å²) in [6.45, 7) is 3.62. The average Bonchev–Trinajstić information content (AvgIpc) is 2.92. The Morgan fingerprint density at radius 3 is 2.72 bits per heavy atom. The van der Waals surface area contributed by atoms with Gasteiger partial charge in [0.15, 0.2) is 5.76 Å². The highest BCUT2D eigenvalue weighted by atomic mass is 16.5. The lowest BCUT2D eigenvalue weighted by atomic mass is 10.0. The number of fused-ring (bicyclic) bond motifs is 1. The monoisotopic (exact) mass is 345 g/mol. The quantitative estimate of drug-likeness (QED) is 0.854. The predicted molar refractivity (Wildman–Crippen MR) is 93.6 cm³/mol. The molecular weight excluding hydrogens is 322 g/mol. The van der Waals surface area contributed by atoms with Gasteiger partial charge in [0.2, 0.25) is 5.91 Å². The van der Waals surface area contributed by atoms with Crippen LogP contribution in [-0.2, 0) is 4.79 Å². The number of piperidine rings is 1. The molecule has 134 valence electrons. The molecule has 1 saturated heterocycles. The summed E-state index contributed by atoms with van der Waals surface area (Å²) in [5, 5.41) is 3.91. The number of likely N-dealkylation sites (tertiary alicyclic amines) is 1. The second-order valence-electron chi connectivity index (χ2n) is 6.41. The highest BCUT2D eigenvalue weighted by molar-refractivity contribution is 5.99. The Kier molecular flexibility index (Phi) is 4.94. The first-order valence-electron chi connectivity index (χ1n) is 8.36. The third-order valence-electron chi connectivity index (χ3n) is 4.65. The van der Waals surface area contributed by atoms with Gasteiger partial charge < -0.3 is 20.2 Å². The average molecular weight is 345 g/mol. The molecule has 3 rings (SSSR count). The normalized spacial score (nSPS) is 16.1. The van der Waals surface area contributed by atoms with Gasteiger partial charge in [-0.1, -0.05) is 0 Å². The number of benzene rings is 1. The molecule has 0 saturated carbocycles. The third-order valence-corrected chi connectivity index (χ3v) is 4.65. The minimum atomic E-state index is -0.323. The summed E-state index contributed by atoms with van der Waals surface area (Å²) >= 11 is 0. The first-order chi connectivity index (χ1) is 12.0. The summed E-state index contributed by atoms with van der Waals surface area (Å²) in [4.78, 5) is 25.6. The molecular formula is C18H23N3O4. The van der Waals surface area contributed by atoms with Crippen molar-refractivity contribution >= 4 is 22.8 Å². The zero-order chi connectivity index (χ0) is 18.0. The predicted octanol–water partition coefficient (Wildman–Crippen LogP) is 1.43. The van der Waals surface area contributed by atoms with Crippen LogP contribution in [-0.4, -0.2) is 49.5 Å². The van der Waals surface area contributed by atoms with Crippen LogP contribution in [0, 0.1) is 6.92 Å². The number of hydrogen-bond acceptors (Lipinski definition) is 5. The van der Waals surface area contributed by atoms with Gasteiger partial charge in [-0.2, -0.15) is 0 Å². The molecule has 0 bridgehead atoms. The summed E-state index contributed by atoms with van der Waals surface area (Å²) in [5.41, 5.74) is 6.69. The van der Waals surface area contributed by atoms with Crippen molar-refractivity contribution in [3.8, 4) is 5.75 Å². The summed E-state index contributed by atoms with van der Waals surface area (Å²) in [6.07, 6.45) is 1.57. The van der Waals surface area contributed by atoms with E-state index in [-0.39, 0.29) is 24.4 Å². The van der Waals surface area contributed by atoms with E-state index in [1.807, 2.05) is 17.9 Å². The number of hydrogen-bond donors (Lipinski definition) is 2. The third kappa shape index (κ3) is 3.76. The molecule has 1 aliphatic rings. The van der Waals surface area contributed by atoms with Crippen LogP contribution in [0.15, 0.2) is 22.6 Å². The molecule has 0 radical (unpaired) electrons. The number of methoxy groups -OCH3 is 1. The van der Waals surface area contributed by atoms with Gasteiger partial charge in [-0.05, 0) is 38.0 Å². The van der Waals surface area contributed by atoms with Gasteiger partial charge in [-0.15, -0.1) is 0 Å². The van der Waals surface area contributed by atoms with Crippen molar-refractivity contribution in [3.63, 3.8) is 0 Å². The first kappa shape index (κ1) is 17.3. The number of nitrogens with one attached hydrogen (secondary N) is 1. The number of primary amides is 1. The second kappa shape index (κ2) is 7.14. The van der Waals surface area contributed by atoms with E-state index in [9.17, 15) is 9.59 Å². The van der Waals surface area contributed by atoms with Gasteiger partial charge in [-0.3, -0.25) is 14.5 Å². The number of carbonyl (C=O) groups is 2. The Labute approximate surface area is 146 Å². The van der Waals surface area contributed by atoms with Gasteiger partial charge in [0.1, 0.15) is 11.3 Å². The smallest absolute Gasteiger partial charge is 0.287 e. The topological polar surface area (TPSA) is 97.8 Å². The minimum Gasteiger partial charge on any atom is -0.497 e. The molecule has 2 heterocycles. The van der Waals surface area contributed by atoms with Crippen LogP contribution >= 0.6 is 0 Å². The summed E-state index contributed by atoms with van der Waals surface area (Å²) in [5.74, 6) is 0.532. The number of nitrogens with zero attached hydrogens (tertiary/aromatic N) is 1. The molecule has 0 atom stereocenters. The highest BCUT2D eigenvalue weighted by Crippen LogP contribution is 2.29. The maximum absolute atomic E-state index is 12.6. The molecule has 0 spiro atoms. The first-order valence-corrected chi connectivity index (χ1v) is 8.36. The summed E-state index contributed by atoms with van der Waals surface area (Å²) in [7, 11) is 1.61. The van der Waals surface area contributed by atoms with Crippen molar-refractivity contribution in [1.29, 1.82) is 0 Å². The standard InChI is InChI=1S/C18H23N3O4/c1-11-14-9-13(24-2)3-4-15(14)25-17(11)18(23)20-12-5-7-21(8-6-12)10-16(19)22/h3-4,9,12H,5-8,10H2,1-2H3,(H2,19,22)(H,20,23). The Hall–Kier alpha value is -2.54. The second-order valence-corrected chi connectivity index (χ2v) is 6.41. The highest BCUT2D eigenvalue weighted by Gasteiger charge is 2.24. The molecule has 7 nitrogen and oxygen atoms in total. The zero-order valence-electron chi connectivity index (χ0n) is 14.5. The fourth-order valence-corrected chi connectivity index (χ4v) is 3.25. The van der Waals surface area contributed by atoms with Crippen molar-refractivity contribution < 1.29 is 18.7 Å². The van der Waals surface area contributed by atoms with E-state index >= 15 is 0 Å². The molecule has 0 unspecified atom stereocenters. The van der Waals surface area contributed by atoms with E-state index in [4.69, 9.17) is 14.9 Å². The molecule has 2 amide bonds. The number of ether oxygens (including phenoxy) is 1. The zero-order valence-corrected chi connectivity index (χ0v) is 14.5. The molecule has 3 N–H and O–H groups in total. The van der Waals surface area contributed by atoms with Crippen LogP contribution in [0.25, 0.3) is 11.0 Å². The lowest BCUT2D eigenvalue weighted by Gasteiger charge is -2.31. The number of furan rings is 1. The maximum Gasteiger partial charge on any atom is 0.287 e. The van der Waals surface area contributed by atoms with Crippen LogP contribution in [0.2, 0.25) is 0 Å². The number of aryl methyl sites for hydroxylation is 1. The van der Waals surface area contributed by atoms with Crippen LogP contribution in [0.5, 0.6) is 5.75 Å². The SMILES string of the molecule is COc1ccc2oc(C(=O)NC3CCN(CC(N)=O)CC3)c(C)c2c1. The lowest BCUT2D eigenvalue weighted by molar-refractivity contribution is -0.119. The van der Waals surface area contributed by atoms with E-state index in [2.05, 4.69) is 5.32 Å². The van der Waals surface area contributed by atoms with Crippen molar-refractivity contribution in [2.45, 2.75) is 25.8 Å². The fourth-order valence-electron chi connectivity index (χ4n) is 3.25. The molecule has 1 aromatic heterocycles. The van der Waals surface area contributed by atoms with E-state index in [1.54, 1.807) is 19.2 Å². The van der Waals surface area contributed by atoms with Crippen molar-refractivity contribution in [1.82, 2.24) is 10.2 Å². The van der Waals surface area contributed by atoms with E-state index < -0.39 is 0 Å². The Bertz CT molecular complexity index is 791. The summed E-state index contributed by atoms with van der Waals surface area (Å²) in [6, 6.07) is 5.55. The van der Waals surface area contributed by atoms with Crippen molar-refractivity contribution in [2.24, 2.45) is 5.73 Å². The van der Waals surface area contributed by atoms with E-state index in [0.717, 1.165) is 42.6 Å². The van der Waals surface area contributed by atoms with Crippen LogP contribution in [0.3, 0.4) is 0 Å². The molecule has 0 aliphatic carbocycles. The molecule has 1 fully saturated rings. The largest absolute Gasteiger partial charge is 0.497 e. The van der Waals surface area contributed by atoms with Gasteiger partial charge in [0, 0.05) is 30.1 Å². The Balaban J connectivity index is 1.67. The molecule has 25 heavy (non-hydrogen) atoms. The fraction of sp³-hybridized carbons (Fsp3) is 0.444. The molecule has 7 heteroatoms. The van der Waals surface area contributed by atoms with E-state index in [0.29, 0.717) is 11.3 Å². The Morgan fingerprint density at radius 1 is 1.36 bits per heavy atom.